The molecule has 0 bridgehead atoms. The molecular formula is C10H10FNSe. The van der Waals surface area contributed by atoms with E-state index < -0.39 is 0 Å². The number of nitrogens with zero attached hydrogens (tertiary/aromatic N) is 1. The van der Waals surface area contributed by atoms with Gasteiger partial charge in [0, 0.05) is 0 Å². The second kappa shape index (κ2) is 5.75. The summed E-state index contributed by atoms with van der Waals surface area (Å²) in [5.41, 5.74) is 0. The maximum absolute atomic E-state index is 12.5. The van der Waals surface area contributed by atoms with Crippen LogP contribution in [0.4, 0.5) is 4.39 Å². The molecule has 1 aromatic rings. The van der Waals surface area contributed by atoms with Crippen molar-refractivity contribution in [2.45, 2.75) is 18.2 Å². The molecule has 0 fully saturated rings. The van der Waals surface area contributed by atoms with Crippen LogP contribution in [0.3, 0.4) is 0 Å². The molecule has 0 heterocycles. The molecule has 0 spiro atoms. The quantitative estimate of drug-likeness (QED) is 0.584. The standard InChI is InChI=1S/C10H10FNSe/c11-9-3-5-10(6-4-9)13-8-2-1-7-12/h3-6H,1-2,8H2. The van der Waals surface area contributed by atoms with Crippen LogP contribution in [0.1, 0.15) is 12.8 Å². The minimum absolute atomic E-state index is 0.184. The molecule has 0 aliphatic heterocycles. The van der Waals surface area contributed by atoms with Crippen LogP contribution in [0, 0.1) is 17.1 Å². The van der Waals surface area contributed by atoms with Gasteiger partial charge in [0.25, 0.3) is 0 Å². The minimum atomic E-state index is -0.184. The normalized spacial score (nSPS) is 9.54. The summed E-state index contributed by atoms with van der Waals surface area (Å²) in [7, 11) is 0. The average molecular weight is 242 g/mol. The van der Waals surface area contributed by atoms with Crippen molar-refractivity contribution in [3.8, 4) is 6.07 Å². The summed E-state index contributed by atoms with van der Waals surface area (Å²) in [5, 5.41) is 9.37. The van der Waals surface area contributed by atoms with E-state index in [9.17, 15) is 4.39 Å². The van der Waals surface area contributed by atoms with Gasteiger partial charge in [-0.05, 0) is 0 Å². The third-order valence-electron chi connectivity index (χ3n) is 1.52. The fourth-order valence-corrected chi connectivity index (χ4v) is 2.66. The average Bonchev–Trinajstić information content (AvgIpc) is 2.15. The summed E-state index contributed by atoms with van der Waals surface area (Å²) < 4.78 is 13.7. The van der Waals surface area contributed by atoms with E-state index in [1.165, 1.54) is 16.6 Å². The summed E-state index contributed by atoms with van der Waals surface area (Å²) in [6.45, 7) is 0. The SMILES string of the molecule is N#CCCC[Se]c1ccc(F)cc1. The maximum atomic E-state index is 12.5. The van der Waals surface area contributed by atoms with E-state index in [0.29, 0.717) is 21.4 Å². The number of unbranched alkanes of at least 4 members (excludes halogenated alkanes) is 1. The van der Waals surface area contributed by atoms with Crippen LogP contribution in [0.5, 0.6) is 0 Å². The van der Waals surface area contributed by atoms with E-state index in [0.717, 1.165) is 11.7 Å². The van der Waals surface area contributed by atoms with Crippen LogP contribution >= 0.6 is 0 Å². The van der Waals surface area contributed by atoms with Crippen molar-refractivity contribution < 1.29 is 4.39 Å². The second-order valence-electron chi connectivity index (χ2n) is 2.56. The Labute approximate surface area is 83.7 Å². The van der Waals surface area contributed by atoms with Gasteiger partial charge in [-0.25, -0.2) is 0 Å². The Morgan fingerprint density at radius 1 is 1.31 bits per heavy atom. The van der Waals surface area contributed by atoms with Crippen LogP contribution in [0.2, 0.25) is 5.32 Å². The van der Waals surface area contributed by atoms with Gasteiger partial charge in [-0.1, -0.05) is 0 Å². The summed E-state index contributed by atoms with van der Waals surface area (Å²) in [6.07, 6.45) is 1.58. The molecule has 1 nitrogen and oxygen atoms in total. The fraction of sp³-hybridized carbons (Fsp3) is 0.300. The summed E-state index contributed by atoms with van der Waals surface area (Å²) in [6, 6.07) is 8.73. The molecule has 0 saturated carbocycles. The molecule has 0 unspecified atom stereocenters. The zero-order valence-electron chi connectivity index (χ0n) is 7.16. The number of halogens is 1. The zero-order valence-corrected chi connectivity index (χ0v) is 8.88. The number of nitriles is 1. The van der Waals surface area contributed by atoms with Gasteiger partial charge in [0.15, 0.2) is 0 Å². The molecule has 3 heteroatoms. The van der Waals surface area contributed by atoms with E-state index in [1.807, 2.05) is 12.1 Å². The number of benzene rings is 1. The van der Waals surface area contributed by atoms with Crippen LogP contribution in [0.15, 0.2) is 24.3 Å². The molecule has 1 aromatic carbocycles. The Kier molecular flexibility index (Phi) is 4.53. The second-order valence-corrected chi connectivity index (χ2v) is 5.02. The van der Waals surface area contributed by atoms with Crippen molar-refractivity contribution in [1.29, 1.82) is 5.26 Å². The van der Waals surface area contributed by atoms with Gasteiger partial charge in [-0.3, -0.25) is 0 Å². The van der Waals surface area contributed by atoms with E-state index in [1.54, 1.807) is 0 Å². The first-order chi connectivity index (χ1) is 6.33. The van der Waals surface area contributed by atoms with Crippen molar-refractivity contribution in [2.24, 2.45) is 0 Å². The molecular weight excluding hydrogens is 232 g/mol. The van der Waals surface area contributed by atoms with Crippen LogP contribution < -0.4 is 4.46 Å². The molecule has 0 amide bonds. The van der Waals surface area contributed by atoms with Gasteiger partial charge >= 0.3 is 83.4 Å². The summed E-state index contributed by atoms with van der Waals surface area (Å²) in [5.74, 6) is -0.184. The molecule has 1 rings (SSSR count). The van der Waals surface area contributed by atoms with E-state index in [2.05, 4.69) is 6.07 Å². The van der Waals surface area contributed by atoms with E-state index >= 15 is 0 Å². The third kappa shape index (κ3) is 4.07. The predicted molar refractivity (Wildman–Crippen MR) is 51.4 cm³/mol. The summed E-state index contributed by atoms with van der Waals surface area (Å²) >= 11 is 0.393. The van der Waals surface area contributed by atoms with Crippen LogP contribution in [-0.4, -0.2) is 15.0 Å². The molecule has 0 atom stereocenters. The van der Waals surface area contributed by atoms with Crippen LogP contribution in [-0.2, 0) is 0 Å². The van der Waals surface area contributed by atoms with Gasteiger partial charge in [-0.15, -0.1) is 0 Å². The van der Waals surface area contributed by atoms with E-state index in [4.69, 9.17) is 5.26 Å². The van der Waals surface area contributed by atoms with Crippen molar-refractivity contribution in [3.63, 3.8) is 0 Å². The Morgan fingerprint density at radius 2 is 2.00 bits per heavy atom. The Balaban J connectivity index is 2.30. The first-order valence-corrected chi connectivity index (χ1v) is 6.15. The molecule has 0 aliphatic carbocycles. The van der Waals surface area contributed by atoms with Crippen molar-refractivity contribution >= 4 is 19.4 Å². The zero-order chi connectivity index (χ0) is 9.52. The van der Waals surface area contributed by atoms with Crippen molar-refractivity contribution in [1.82, 2.24) is 0 Å². The first kappa shape index (κ1) is 10.2. The predicted octanol–water partition coefficient (Wildman–Crippen LogP) is 1.88. The Hall–Kier alpha value is -0.841. The number of hydrogen-bond donors (Lipinski definition) is 0. The molecule has 0 radical (unpaired) electrons. The molecule has 13 heavy (non-hydrogen) atoms. The summed E-state index contributed by atoms with van der Waals surface area (Å²) in [4.78, 5) is 0. The molecule has 0 aliphatic rings. The van der Waals surface area contributed by atoms with Gasteiger partial charge in [0.05, 0.1) is 0 Å². The van der Waals surface area contributed by atoms with Crippen LogP contribution in [0.25, 0.3) is 0 Å². The topological polar surface area (TPSA) is 23.8 Å². The van der Waals surface area contributed by atoms with Gasteiger partial charge in [0.2, 0.25) is 0 Å². The van der Waals surface area contributed by atoms with Crippen molar-refractivity contribution in [2.75, 3.05) is 0 Å². The fourth-order valence-electron chi connectivity index (χ4n) is 0.872. The van der Waals surface area contributed by atoms with Gasteiger partial charge < -0.3 is 0 Å². The van der Waals surface area contributed by atoms with Gasteiger partial charge in [0.1, 0.15) is 0 Å². The van der Waals surface area contributed by atoms with E-state index in [-0.39, 0.29) is 5.82 Å². The monoisotopic (exact) mass is 243 g/mol. The Bertz CT molecular complexity index is 289. The Morgan fingerprint density at radius 3 is 2.62 bits per heavy atom. The number of rotatable bonds is 4. The molecule has 0 N–H and O–H groups in total. The van der Waals surface area contributed by atoms with Crippen molar-refractivity contribution in [3.05, 3.63) is 30.1 Å². The molecule has 68 valence electrons. The number of hydrogen-bond acceptors (Lipinski definition) is 1. The third-order valence-corrected chi connectivity index (χ3v) is 3.82. The molecule has 0 aromatic heterocycles. The first-order valence-electron chi connectivity index (χ1n) is 4.08. The van der Waals surface area contributed by atoms with Gasteiger partial charge in [-0.2, -0.15) is 0 Å². The molecule has 0 saturated heterocycles.